The number of para-hydroxylation sites is 1. The number of benzene rings is 2. The van der Waals surface area contributed by atoms with Gasteiger partial charge in [-0.05, 0) is 41.8 Å². The molecule has 0 aliphatic carbocycles. The minimum absolute atomic E-state index is 0. The van der Waals surface area contributed by atoms with Gasteiger partial charge in [0.1, 0.15) is 0 Å². The first kappa shape index (κ1) is 20.5. The van der Waals surface area contributed by atoms with Crippen LogP contribution in [0.5, 0.6) is 0 Å². The van der Waals surface area contributed by atoms with E-state index in [4.69, 9.17) is 5.73 Å². The molecule has 3 N–H and O–H groups in total. The van der Waals surface area contributed by atoms with E-state index < -0.39 is 0 Å². The van der Waals surface area contributed by atoms with E-state index in [0.29, 0.717) is 4.91 Å². The highest BCUT2D eigenvalue weighted by Gasteiger charge is 2.27. The molecule has 2 aromatic carbocycles. The smallest absolute Gasteiger partial charge is 0.290 e. The molecule has 146 valence electrons. The van der Waals surface area contributed by atoms with Gasteiger partial charge in [-0.15, -0.1) is 12.4 Å². The van der Waals surface area contributed by atoms with Crippen molar-refractivity contribution >= 4 is 47.1 Å². The van der Waals surface area contributed by atoms with Crippen LogP contribution >= 0.6 is 24.2 Å². The Hall–Kier alpha value is -2.28. The van der Waals surface area contributed by atoms with Gasteiger partial charge >= 0.3 is 0 Å². The van der Waals surface area contributed by atoms with Crippen molar-refractivity contribution in [3.8, 4) is 11.1 Å². The number of carbonyl (C=O) groups excluding carboxylic acids is 2. The van der Waals surface area contributed by atoms with E-state index >= 15 is 0 Å². The van der Waals surface area contributed by atoms with E-state index in [2.05, 4.69) is 28.4 Å². The maximum atomic E-state index is 12.0. The van der Waals surface area contributed by atoms with Crippen molar-refractivity contribution in [1.29, 1.82) is 0 Å². The highest BCUT2D eigenvalue weighted by atomic mass is 35.5. The van der Waals surface area contributed by atoms with Gasteiger partial charge in [-0.3, -0.25) is 14.9 Å². The molecule has 2 aromatic rings. The van der Waals surface area contributed by atoms with Crippen LogP contribution in [0.25, 0.3) is 17.2 Å². The summed E-state index contributed by atoms with van der Waals surface area (Å²) in [5.74, 6) is -0.337. The molecule has 0 spiro atoms. The maximum Gasteiger partial charge on any atom is 0.290 e. The lowest BCUT2D eigenvalue weighted by molar-refractivity contribution is -0.115. The molecule has 28 heavy (non-hydrogen) atoms. The highest BCUT2D eigenvalue weighted by molar-refractivity contribution is 8.18. The normalized spacial score (nSPS) is 20.8. The number of rotatable bonds is 3. The molecule has 7 heteroatoms. The summed E-state index contributed by atoms with van der Waals surface area (Å²) in [5, 5.41) is 2.00. The Labute approximate surface area is 174 Å². The minimum atomic E-state index is -0.337. The minimum Gasteiger partial charge on any atom is -0.369 e. The lowest BCUT2D eigenvalue weighted by atomic mass is 9.96. The second-order valence-electron chi connectivity index (χ2n) is 6.81. The molecule has 2 amide bonds. The first-order valence-electron chi connectivity index (χ1n) is 9.05. The Bertz CT molecular complexity index is 917. The Kier molecular flexibility index (Phi) is 6.44. The summed E-state index contributed by atoms with van der Waals surface area (Å²) in [6.45, 7) is 1.70. The van der Waals surface area contributed by atoms with Crippen LogP contribution in [0.15, 0.2) is 53.4 Å². The molecule has 5 nitrogen and oxygen atoms in total. The van der Waals surface area contributed by atoms with Crippen LogP contribution in [0.4, 0.5) is 10.5 Å². The first-order valence-corrected chi connectivity index (χ1v) is 9.87. The highest BCUT2D eigenvalue weighted by Crippen LogP contribution is 2.38. The van der Waals surface area contributed by atoms with Gasteiger partial charge in [0.25, 0.3) is 11.1 Å². The van der Waals surface area contributed by atoms with Crippen molar-refractivity contribution in [3.05, 3.63) is 59.0 Å². The Balaban J connectivity index is 0.00000225. The Morgan fingerprint density at radius 2 is 1.89 bits per heavy atom. The van der Waals surface area contributed by atoms with E-state index in [9.17, 15) is 9.59 Å². The Morgan fingerprint density at radius 1 is 1.11 bits per heavy atom. The average Bonchev–Trinajstić information content (AvgIpc) is 2.99. The van der Waals surface area contributed by atoms with Gasteiger partial charge < -0.3 is 10.6 Å². The third-order valence-corrected chi connectivity index (χ3v) is 5.67. The molecule has 2 fully saturated rings. The number of nitrogens with two attached hydrogens (primary N) is 1. The van der Waals surface area contributed by atoms with Crippen molar-refractivity contribution in [2.75, 3.05) is 18.0 Å². The van der Waals surface area contributed by atoms with Gasteiger partial charge in [-0.1, -0.05) is 48.5 Å². The zero-order valence-electron chi connectivity index (χ0n) is 15.3. The molecular weight excluding hydrogens is 394 g/mol. The molecule has 0 bridgehead atoms. The van der Waals surface area contributed by atoms with Crippen LogP contribution in [0.2, 0.25) is 0 Å². The van der Waals surface area contributed by atoms with E-state index in [1.54, 1.807) is 0 Å². The second-order valence-corrected chi connectivity index (χ2v) is 7.82. The molecule has 2 heterocycles. The molecule has 2 saturated heterocycles. The molecule has 0 aromatic heterocycles. The Morgan fingerprint density at radius 3 is 2.57 bits per heavy atom. The van der Waals surface area contributed by atoms with E-state index in [1.807, 2.05) is 36.4 Å². The number of carbonyl (C=O) groups is 2. The molecule has 0 unspecified atom stereocenters. The summed E-state index contributed by atoms with van der Waals surface area (Å²) >= 11 is 0.944. The van der Waals surface area contributed by atoms with Gasteiger partial charge in [-0.25, -0.2) is 0 Å². The largest absolute Gasteiger partial charge is 0.369 e. The number of amides is 2. The van der Waals surface area contributed by atoms with E-state index in [1.165, 1.54) is 0 Å². The van der Waals surface area contributed by atoms with Crippen LogP contribution in [-0.2, 0) is 4.79 Å². The van der Waals surface area contributed by atoms with Gasteiger partial charge in [-0.2, -0.15) is 0 Å². The van der Waals surface area contributed by atoms with Crippen molar-refractivity contribution < 1.29 is 9.59 Å². The van der Waals surface area contributed by atoms with Crippen LogP contribution in [0, 0.1) is 0 Å². The predicted octanol–water partition coefficient (Wildman–Crippen LogP) is 4.03. The quantitative estimate of drug-likeness (QED) is 0.740. The molecule has 0 saturated carbocycles. The van der Waals surface area contributed by atoms with Gasteiger partial charge in [0, 0.05) is 24.7 Å². The topological polar surface area (TPSA) is 75.4 Å². The summed E-state index contributed by atoms with van der Waals surface area (Å²) < 4.78 is 0. The molecule has 0 radical (unpaired) electrons. The van der Waals surface area contributed by atoms with Crippen LogP contribution in [0.3, 0.4) is 0 Å². The van der Waals surface area contributed by atoms with Crippen LogP contribution in [-0.4, -0.2) is 30.3 Å². The third-order valence-electron chi connectivity index (χ3n) is 4.85. The van der Waals surface area contributed by atoms with Crippen LogP contribution in [0.1, 0.15) is 18.4 Å². The average molecular weight is 416 g/mol. The van der Waals surface area contributed by atoms with E-state index in [0.717, 1.165) is 60.1 Å². The predicted molar refractivity (Wildman–Crippen MR) is 118 cm³/mol. The number of hydrogen-bond acceptors (Lipinski definition) is 5. The van der Waals surface area contributed by atoms with Gasteiger partial charge in [0.15, 0.2) is 0 Å². The summed E-state index contributed by atoms with van der Waals surface area (Å²) in [7, 11) is 0. The summed E-state index contributed by atoms with van der Waals surface area (Å²) in [5.41, 5.74) is 10.5. The van der Waals surface area contributed by atoms with Crippen molar-refractivity contribution in [1.82, 2.24) is 5.32 Å². The number of nitrogens with one attached hydrogen (secondary N) is 1. The lowest BCUT2D eigenvalue weighted by Gasteiger charge is -2.35. The number of piperidine rings is 1. The standard InChI is InChI=1S/C21H21N3O2S.ClH/c22-16-9-5-11-24(13-16)19-15(12-18-20(25)23-21(26)27-18)8-4-10-17(19)14-6-2-1-3-7-14;/h1-4,6-8,10,12,16H,5,9,11,13,22H2,(H,23,25,26);1H/b18-12-;/t16-;/m1./s1. The zero-order chi connectivity index (χ0) is 18.8. The van der Waals surface area contributed by atoms with E-state index in [-0.39, 0.29) is 29.6 Å². The van der Waals surface area contributed by atoms with Crippen molar-refractivity contribution in [3.63, 3.8) is 0 Å². The number of hydrogen-bond donors (Lipinski definition) is 2. The van der Waals surface area contributed by atoms with Gasteiger partial charge in [0.2, 0.25) is 0 Å². The molecule has 1 atom stereocenters. The summed E-state index contributed by atoms with van der Waals surface area (Å²) in [6, 6.07) is 16.4. The van der Waals surface area contributed by atoms with Gasteiger partial charge in [0.05, 0.1) is 10.6 Å². The summed E-state index contributed by atoms with van der Waals surface area (Å²) in [6.07, 6.45) is 3.87. The zero-order valence-corrected chi connectivity index (χ0v) is 16.9. The molecule has 4 rings (SSSR count). The lowest BCUT2D eigenvalue weighted by Crippen LogP contribution is -2.43. The molecular formula is C21H22ClN3O2S. The number of thioether (sulfide) groups is 1. The van der Waals surface area contributed by atoms with Crippen molar-refractivity contribution in [2.45, 2.75) is 18.9 Å². The number of anilines is 1. The number of nitrogens with zero attached hydrogens (tertiary/aromatic N) is 1. The second kappa shape index (κ2) is 8.82. The SMILES string of the molecule is Cl.N[C@@H]1CCCN(c2c(/C=C3\SC(=O)NC3=O)cccc2-c2ccccc2)C1. The fourth-order valence-electron chi connectivity index (χ4n) is 3.66. The molecule has 2 aliphatic heterocycles. The monoisotopic (exact) mass is 415 g/mol. The van der Waals surface area contributed by atoms with Crippen molar-refractivity contribution in [2.24, 2.45) is 5.73 Å². The summed E-state index contributed by atoms with van der Waals surface area (Å²) in [4.78, 5) is 26.3. The molecule has 2 aliphatic rings. The number of halogens is 1. The fourth-order valence-corrected chi connectivity index (χ4v) is 4.33. The third kappa shape index (κ3) is 4.24. The fraction of sp³-hybridized carbons (Fsp3) is 0.238. The van der Waals surface area contributed by atoms with Crippen LogP contribution < -0.4 is 16.0 Å². The number of imide groups is 1. The first-order chi connectivity index (χ1) is 13.1. The maximum absolute atomic E-state index is 12.0.